The topological polar surface area (TPSA) is 102 Å². The molecule has 1 saturated heterocycles. The first-order valence-electron chi connectivity index (χ1n) is 16.1. The van der Waals surface area contributed by atoms with Crippen LogP contribution in [0.3, 0.4) is 0 Å². The number of ether oxygens (including phenoxy) is 7. The first-order valence-corrected chi connectivity index (χ1v) is 16.1. The molecule has 3 rings (SSSR count). The molecule has 1 aliphatic heterocycles. The van der Waals surface area contributed by atoms with E-state index in [1.54, 1.807) is 38.2 Å². The highest BCUT2D eigenvalue weighted by molar-refractivity contribution is 5.89. The van der Waals surface area contributed by atoms with Crippen molar-refractivity contribution in [2.24, 2.45) is 5.92 Å². The first-order chi connectivity index (χ1) is 21.8. The van der Waals surface area contributed by atoms with Crippen LogP contribution < -0.4 is 14.2 Å². The molecule has 1 saturated carbocycles. The number of rotatable bonds is 18. The number of methoxy groups -OCH3 is 3. The van der Waals surface area contributed by atoms with Crippen LogP contribution in [0.2, 0.25) is 0 Å². The molecular formula is C35H53NO9. The van der Waals surface area contributed by atoms with Crippen LogP contribution in [0.5, 0.6) is 17.2 Å². The van der Waals surface area contributed by atoms with E-state index in [1.165, 1.54) is 7.11 Å². The molecule has 0 aromatic heterocycles. The fourth-order valence-electron chi connectivity index (χ4n) is 6.30. The van der Waals surface area contributed by atoms with Gasteiger partial charge in [0.1, 0.15) is 31.6 Å². The molecule has 45 heavy (non-hydrogen) atoms. The Balaban J connectivity index is 1.95. The minimum absolute atomic E-state index is 0.0491. The first kappa shape index (κ1) is 36.4. The van der Waals surface area contributed by atoms with E-state index in [0.29, 0.717) is 36.8 Å². The Bertz CT molecular complexity index is 1100. The Labute approximate surface area is 269 Å². The molecule has 1 aliphatic carbocycles. The normalized spacial score (nSPS) is 19.9. The second kappa shape index (κ2) is 18.8. The summed E-state index contributed by atoms with van der Waals surface area (Å²) in [6, 6.07) is 3.08. The summed E-state index contributed by atoms with van der Waals surface area (Å²) in [5, 5.41) is 0. The summed E-state index contributed by atoms with van der Waals surface area (Å²) in [6.45, 7) is 12.4. The van der Waals surface area contributed by atoms with E-state index in [0.717, 1.165) is 50.5 Å². The molecule has 1 aromatic rings. The predicted molar refractivity (Wildman–Crippen MR) is 172 cm³/mol. The van der Waals surface area contributed by atoms with E-state index in [1.807, 2.05) is 19.1 Å². The van der Waals surface area contributed by atoms with Gasteiger partial charge < -0.3 is 38.1 Å². The summed E-state index contributed by atoms with van der Waals surface area (Å²) < 4.78 is 39.8. The van der Waals surface area contributed by atoms with Crippen LogP contribution in [0.4, 0.5) is 0 Å². The van der Waals surface area contributed by atoms with Gasteiger partial charge in [-0.3, -0.25) is 4.79 Å². The standard InChI is InChI=1S/C35H53NO9/c1-8-19-42-24(3)22-43-31-21-27(20-30(40-6)33(31)41-7)32(26-15-11-10-12-16-26)34(37)36-18-14-13-17-28(36)35(38)45-25(4)29(9-2)44-23-39-5/h8-9,20-21,24-26,28-29,32H,1-2,10-19,22-23H2,3-7H3/t24-,25+,28-,29-,32-/m0/s1. The summed E-state index contributed by atoms with van der Waals surface area (Å²) in [5.74, 6) is 0.519. The lowest BCUT2D eigenvalue weighted by atomic mass is 9.75. The predicted octanol–water partition coefficient (Wildman–Crippen LogP) is 5.83. The van der Waals surface area contributed by atoms with Gasteiger partial charge in [-0.25, -0.2) is 4.79 Å². The van der Waals surface area contributed by atoms with Crippen LogP contribution in [0.15, 0.2) is 37.4 Å². The summed E-state index contributed by atoms with van der Waals surface area (Å²) in [7, 11) is 4.66. The highest BCUT2D eigenvalue weighted by Crippen LogP contribution is 2.45. The number of carbonyl (C=O) groups excluding carboxylic acids is 2. The quantitative estimate of drug-likeness (QED) is 0.113. The molecule has 0 unspecified atom stereocenters. The molecule has 5 atom stereocenters. The molecule has 2 fully saturated rings. The van der Waals surface area contributed by atoms with E-state index >= 15 is 0 Å². The highest BCUT2D eigenvalue weighted by atomic mass is 16.7. The van der Waals surface area contributed by atoms with Crippen molar-refractivity contribution in [3.63, 3.8) is 0 Å². The SMILES string of the molecule is C=CCO[C@@H](C)COc1cc([C@@H](C(=O)N2CCCC[C@H]2C(=O)O[C@H](C)[C@H](C=C)OCOC)C2CCCCC2)cc(OC)c1OC. The minimum Gasteiger partial charge on any atom is -0.493 e. The molecule has 0 N–H and O–H groups in total. The molecule has 1 aromatic carbocycles. The summed E-state index contributed by atoms with van der Waals surface area (Å²) in [4.78, 5) is 30.0. The van der Waals surface area contributed by atoms with Gasteiger partial charge in [-0.1, -0.05) is 31.4 Å². The second-order valence-electron chi connectivity index (χ2n) is 11.8. The number of carbonyl (C=O) groups is 2. The maximum atomic E-state index is 14.7. The van der Waals surface area contributed by atoms with Crippen LogP contribution in [0, 0.1) is 5.92 Å². The number of benzene rings is 1. The number of piperidine rings is 1. The molecule has 0 spiro atoms. The van der Waals surface area contributed by atoms with Crippen molar-refractivity contribution in [1.82, 2.24) is 4.90 Å². The number of amides is 1. The Morgan fingerprint density at radius 2 is 1.67 bits per heavy atom. The number of nitrogens with zero attached hydrogens (tertiary/aromatic N) is 1. The van der Waals surface area contributed by atoms with Gasteiger partial charge in [-0.05, 0) is 69.6 Å². The summed E-state index contributed by atoms with van der Waals surface area (Å²) in [5.41, 5.74) is 0.782. The number of hydrogen-bond acceptors (Lipinski definition) is 9. The van der Waals surface area contributed by atoms with Gasteiger partial charge in [0.25, 0.3) is 0 Å². The van der Waals surface area contributed by atoms with E-state index in [-0.39, 0.29) is 31.3 Å². The summed E-state index contributed by atoms with van der Waals surface area (Å²) in [6.07, 6.45) is 9.23. The fraction of sp³-hybridized carbons (Fsp3) is 0.657. The van der Waals surface area contributed by atoms with Crippen molar-refractivity contribution < 1.29 is 42.7 Å². The molecule has 252 valence electrons. The average molecular weight is 632 g/mol. The van der Waals surface area contributed by atoms with Gasteiger partial charge in [0.2, 0.25) is 11.7 Å². The van der Waals surface area contributed by atoms with Crippen LogP contribution in [0.25, 0.3) is 0 Å². The Morgan fingerprint density at radius 1 is 0.956 bits per heavy atom. The average Bonchev–Trinajstić information content (AvgIpc) is 3.06. The summed E-state index contributed by atoms with van der Waals surface area (Å²) >= 11 is 0. The third kappa shape index (κ3) is 9.95. The minimum atomic E-state index is -0.689. The largest absolute Gasteiger partial charge is 0.493 e. The fourth-order valence-corrected chi connectivity index (χ4v) is 6.30. The third-order valence-corrected chi connectivity index (χ3v) is 8.62. The molecule has 1 amide bonds. The highest BCUT2D eigenvalue weighted by Gasteiger charge is 2.41. The van der Waals surface area contributed by atoms with Gasteiger partial charge in [0.15, 0.2) is 11.5 Å². The molecule has 2 aliphatic rings. The third-order valence-electron chi connectivity index (χ3n) is 8.62. The molecule has 1 heterocycles. The zero-order valence-electron chi connectivity index (χ0n) is 27.8. The van der Waals surface area contributed by atoms with Crippen molar-refractivity contribution in [3.05, 3.63) is 43.0 Å². The van der Waals surface area contributed by atoms with Crippen molar-refractivity contribution in [1.29, 1.82) is 0 Å². The lowest BCUT2D eigenvalue weighted by Crippen LogP contribution is -2.52. The van der Waals surface area contributed by atoms with Gasteiger partial charge in [-0.15, -0.1) is 13.2 Å². The Hall–Kier alpha value is -3.08. The van der Waals surface area contributed by atoms with Crippen molar-refractivity contribution in [3.8, 4) is 17.2 Å². The molecule has 10 nitrogen and oxygen atoms in total. The van der Waals surface area contributed by atoms with Gasteiger partial charge in [0, 0.05) is 13.7 Å². The van der Waals surface area contributed by atoms with Crippen LogP contribution in [0.1, 0.15) is 76.7 Å². The Morgan fingerprint density at radius 3 is 2.31 bits per heavy atom. The molecule has 0 radical (unpaired) electrons. The van der Waals surface area contributed by atoms with Gasteiger partial charge >= 0.3 is 5.97 Å². The monoisotopic (exact) mass is 631 g/mol. The van der Waals surface area contributed by atoms with Crippen molar-refractivity contribution >= 4 is 11.9 Å². The van der Waals surface area contributed by atoms with E-state index in [4.69, 9.17) is 33.2 Å². The van der Waals surface area contributed by atoms with Crippen LogP contribution in [-0.4, -0.2) is 89.0 Å². The van der Waals surface area contributed by atoms with E-state index < -0.39 is 30.1 Å². The van der Waals surface area contributed by atoms with Crippen molar-refractivity contribution in [2.45, 2.75) is 95.5 Å². The smallest absolute Gasteiger partial charge is 0.329 e. The molecular weight excluding hydrogens is 578 g/mol. The van der Waals surface area contributed by atoms with Gasteiger partial charge in [-0.2, -0.15) is 0 Å². The zero-order valence-corrected chi connectivity index (χ0v) is 27.8. The Kier molecular flexibility index (Phi) is 15.2. The maximum Gasteiger partial charge on any atom is 0.329 e. The number of hydrogen-bond donors (Lipinski definition) is 0. The second-order valence-corrected chi connectivity index (χ2v) is 11.8. The lowest BCUT2D eigenvalue weighted by Gasteiger charge is -2.40. The zero-order chi connectivity index (χ0) is 32.8. The number of likely N-dealkylation sites (tertiary alicyclic amines) is 1. The lowest BCUT2D eigenvalue weighted by molar-refractivity contribution is -0.169. The van der Waals surface area contributed by atoms with E-state index in [9.17, 15) is 9.59 Å². The van der Waals surface area contributed by atoms with Crippen LogP contribution >= 0.6 is 0 Å². The molecule has 10 heteroatoms. The van der Waals surface area contributed by atoms with Crippen LogP contribution in [-0.2, 0) is 28.5 Å². The number of esters is 1. The molecule has 0 bridgehead atoms. The van der Waals surface area contributed by atoms with E-state index in [2.05, 4.69) is 13.2 Å². The maximum absolute atomic E-state index is 14.7. The van der Waals surface area contributed by atoms with Crippen molar-refractivity contribution in [2.75, 3.05) is 47.9 Å². The van der Waals surface area contributed by atoms with Gasteiger partial charge in [0.05, 0.1) is 32.8 Å².